The Balaban J connectivity index is 0.901. The van der Waals surface area contributed by atoms with Gasteiger partial charge in [-0.25, -0.2) is 0 Å². The smallest absolute Gasteiger partial charge is 0.260 e. The molecule has 3 aromatic carbocycles. The lowest BCUT2D eigenvalue weighted by atomic mass is 10.0. The Morgan fingerprint density at radius 3 is 1.83 bits per heavy atom. The molecule has 0 radical (unpaired) electrons. The van der Waals surface area contributed by atoms with Gasteiger partial charge in [0.25, 0.3) is 11.8 Å². The molecule has 5 aliphatic heterocycles. The van der Waals surface area contributed by atoms with Crippen molar-refractivity contribution in [3.63, 3.8) is 0 Å². The molecule has 8 rings (SSSR count). The summed E-state index contributed by atoms with van der Waals surface area (Å²) >= 11 is 0. The number of amides is 2. The molecule has 1 saturated heterocycles. The molecule has 13 heteroatoms. The van der Waals surface area contributed by atoms with Gasteiger partial charge in [-0.15, -0.1) is 0 Å². The van der Waals surface area contributed by atoms with Crippen LogP contribution in [0.2, 0.25) is 0 Å². The van der Waals surface area contributed by atoms with Crippen molar-refractivity contribution in [2.75, 3.05) is 65.6 Å². The van der Waals surface area contributed by atoms with Gasteiger partial charge >= 0.3 is 0 Å². The van der Waals surface area contributed by atoms with Gasteiger partial charge in [0.2, 0.25) is 0 Å². The van der Waals surface area contributed by atoms with Crippen molar-refractivity contribution < 1.29 is 33.6 Å². The number of aliphatic hydroxyl groups is 1. The lowest BCUT2D eigenvalue weighted by molar-refractivity contribution is 0.0809. The minimum Gasteiger partial charge on any atom is -0.511 e. The third-order valence-corrected chi connectivity index (χ3v) is 10.3. The Morgan fingerprint density at radius 1 is 0.717 bits per heavy atom. The maximum atomic E-state index is 13.9. The first-order valence-electron chi connectivity index (χ1n) is 17.9. The van der Waals surface area contributed by atoms with E-state index >= 15 is 0 Å². The minimum absolute atomic E-state index is 0.138. The fourth-order valence-corrected chi connectivity index (χ4v) is 7.31. The third kappa shape index (κ3) is 6.68. The van der Waals surface area contributed by atoms with Crippen molar-refractivity contribution in [3.05, 3.63) is 83.4 Å². The molecule has 13 nitrogen and oxygen atoms in total. The maximum Gasteiger partial charge on any atom is 0.260 e. The van der Waals surface area contributed by atoms with Crippen LogP contribution < -0.4 is 23.8 Å². The molecule has 2 amide bonds. The molecular weight excluding hydrogens is 676 g/mol. The molecule has 2 atom stereocenters. The lowest BCUT2D eigenvalue weighted by Crippen LogP contribution is -2.44. The number of carbonyl (C=O) groups is 2. The highest BCUT2D eigenvalue weighted by atomic mass is 16.5. The zero-order chi connectivity index (χ0) is 36.6. The molecule has 5 heterocycles. The van der Waals surface area contributed by atoms with Gasteiger partial charge in [-0.05, 0) is 42.4 Å². The van der Waals surface area contributed by atoms with Gasteiger partial charge in [0.1, 0.15) is 5.76 Å². The third-order valence-electron chi connectivity index (χ3n) is 10.3. The molecule has 0 aromatic heterocycles. The first-order valence-corrected chi connectivity index (χ1v) is 17.9. The molecule has 1 N–H and O–H groups in total. The number of piperazine rings is 1. The first kappa shape index (κ1) is 34.3. The number of aliphatic hydroxyl groups excluding tert-OH is 1. The summed E-state index contributed by atoms with van der Waals surface area (Å²) in [6, 6.07) is 14.9. The summed E-state index contributed by atoms with van der Waals surface area (Å²) in [5.41, 5.74) is 5.23. The van der Waals surface area contributed by atoms with Crippen molar-refractivity contribution in [2.24, 2.45) is 9.98 Å². The molecule has 3 aromatic rings. The predicted octanol–water partition coefficient (Wildman–Crippen LogP) is 5.60. The molecule has 0 saturated carbocycles. The highest BCUT2D eigenvalue weighted by molar-refractivity contribution is 6.06. The second-order valence-corrected chi connectivity index (χ2v) is 13.7. The highest BCUT2D eigenvalue weighted by Gasteiger charge is 2.35. The second-order valence-electron chi connectivity index (χ2n) is 13.7. The van der Waals surface area contributed by atoms with Crippen molar-refractivity contribution in [1.29, 1.82) is 0 Å². The Bertz CT molecular complexity index is 2050. The van der Waals surface area contributed by atoms with Gasteiger partial charge in [0.05, 0.1) is 62.0 Å². The molecule has 53 heavy (non-hydrogen) atoms. The number of ether oxygens (including phenoxy) is 4. The average molecular weight is 719 g/mol. The van der Waals surface area contributed by atoms with Crippen LogP contribution in [0.15, 0.2) is 76.7 Å². The van der Waals surface area contributed by atoms with E-state index in [-0.39, 0.29) is 29.7 Å². The zero-order valence-electron chi connectivity index (χ0n) is 30.0. The SMILES string of the molecule is COc1cc2c(cc1OCCCOc1cc3c(cc1OC)C(=O)N1C=C(c4ccc(N5CCN(C)CC5)cc4)C[C@H]1C=N3)N=C[C@@H]1CC(O)=CN1C2=O. The van der Waals surface area contributed by atoms with E-state index in [9.17, 15) is 14.7 Å². The van der Waals surface area contributed by atoms with Gasteiger partial charge in [-0.3, -0.25) is 19.6 Å². The number of likely N-dealkylation sites (N-methyl/N-ethyl adjacent to an activating group) is 1. The molecule has 0 aliphatic carbocycles. The zero-order valence-corrected chi connectivity index (χ0v) is 30.0. The van der Waals surface area contributed by atoms with E-state index in [1.807, 2.05) is 12.4 Å². The van der Waals surface area contributed by atoms with Crippen molar-refractivity contribution in [3.8, 4) is 23.0 Å². The van der Waals surface area contributed by atoms with Crippen LogP contribution in [-0.2, 0) is 0 Å². The van der Waals surface area contributed by atoms with E-state index in [2.05, 4.69) is 46.1 Å². The quantitative estimate of drug-likeness (QED) is 0.266. The summed E-state index contributed by atoms with van der Waals surface area (Å²) in [6.45, 7) is 4.75. The molecule has 0 bridgehead atoms. The number of hydrogen-bond acceptors (Lipinski definition) is 11. The van der Waals surface area contributed by atoms with E-state index in [1.54, 1.807) is 42.5 Å². The van der Waals surface area contributed by atoms with Crippen LogP contribution in [0.3, 0.4) is 0 Å². The fraction of sp³-hybridized carbons (Fsp3) is 0.350. The maximum absolute atomic E-state index is 13.9. The number of carbonyl (C=O) groups excluding carboxylic acids is 2. The molecule has 1 fully saturated rings. The van der Waals surface area contributed by atoms with Crippen molar-refractivity contribution in [1.82, 2.24) is 14.7 Å². The van der Waals surface area contributed by atoms with E-state index in [0.717, 1.165) is 37.3 Å². The summed E-state index contributed by atoms with van der Waals surface area (Å²) in [7, 11) is 5.22. The first-order chi connectivity index (χ1) is 25.8. The Hall–Kier alpha value is -5.82. The van der Waals surface area contributed by atoms with Crippen LogP contribution in [0.5, 0.6) is 23.0 Å². The highest BCUT2D eigenvalue weighted by Crippen LogP contribution is 2.41. The van der Waals surface area contributed by atoms with Gasteiger partial charge in [-0.2, -0.15) is 0 Å². The van der Waals surface area contributed by atoms with Crippen LogP contribution in [-0.4, -0.2) is 117 Å². The summed E-state index contributed by atoms with van der Waals surface area (Å²) in [4.78, 5) is 44.3. The molecule has 5 aliphatic rings. The molecule has 274 valence electrons. The van der Waals surface area contributed by atoms with Crippen LogP contribution in [0.4, 0.5) is 17.1 Å². The van der Waals surface area contributed by atoms with Gasteiger partial charge in [0.15, 0.2) is 23.0 Å². The molecule has 0 spiro atoms. The molecule has 0 unspecified atom stereocenters. The second kappa shape index (κ2) is 14.3. The van der Waals surface area contributed by atoms with Gasteiger partial charge in [0, 0.05) is 88.1 Å². The van der Waals surface area contributed by atoms with Crippen LogP contribution in [0.25, 0.3) is 5.57 Å². The summed E-state index contributed by atoms with van der Waals surface area (Å²) in [5, 5.41) is 9.91. The van der Waals surface area contributed by atoms with Crippen molar-refractivity contribution >= 4 is 46.9 Å². The predicted molar refractivity (Wildman–Crippen MR) is 202 cm³/mol. The summed E-state index contributed by atoms with van der Waals surface area (Å²) < 4.78 is 23.3. The Morgan fingerprint density at radius 2 is 1.26 bits per heavy atom. The normalized spacial score (nSPS) is 20.5. The minimum atomic E-state index is -0.334. The summed E-state index contributed by atoms with van der Waals surface area (Å²) in [5.74, 6) is 1.50. The van der Waals surface area contributed by atoms with Gasteiger partial charge < -0.3 is 43.7 Å². The number of methoxy groups -OCH3 is 2. The topological polar surface area (TPSA) is 129 Å². The monoisotopic (exact) mass is 718 g/mol. The van der Waals surface area contributed by atoms with E-state index in [1.165, 1.54) is 23.9 Å². The Labute approximate surface area is 308 Å². The lowest BCUT2D eigenvalue weighted by Gasteiger charge is -2.34. The number of anilines is 1. The Kier molecular flexibility index (Phi) is 9.25. The number of rotatable bonds is 10. The van der Waals surface area contributed by atoms with E-state index in [4.69, 9.17) is 23.9 Å². The number of benzene rings is 3. The van der Waals surface area contributed by atoms with Gasteiger partial charge in [-0.1, -0.05) is 12.1 Å². The average Bonchev–Trinajstić information content (AvgIpc) is 3.72. The van der Waals surface area contributed by atoms with E-state index in [0.29, 0.717) is 78.0 Å². The standard InChI is InChI=1S/C40H42N6O7/c1-43-9-11-44(12-10-43)27-7-5-25(6-8-27)26-15-28-21-41-33-19-37(35(50-2)17-31(33)39(48)45(28)23-26)52-13-4-14-53-38-20-34-32(18-36(38)51-3)40(49)46-24-30(47)16-29(46)22-42-34/h5-8,17-24,28-29,47H,4,9-16H2,1-3H3/t28-,29-/m0/s1. The largest absolute Gasteiger partial charge is 0.511 e. The molecular formula is C40H42N6O7. The van der Waals surface area contributed by atoms with Crippen LogP contribution in [0, 0.1) is 0 Å². The fourth-order valence-electron chi connectivity index (χ4n) is 7.31. The van der Waals surface area contributed by atoms with Crippen molar-refractivity contribution in [2.45, 2.75) is 31.3 Å². The van der Waals surface area contributed by atoms with Crippen LogP contribution in [0.1, 0.15) is 45.5 Å². The summed E-state index contributed by atoms with van der Waals surface area (Å²) in [6.07, 6.45) is 8.41. The number of aliphatic imine (C=N–C) groups is 2. The number of hydrogen-bond donors (Lipinski definition) is 1. The number of nitrogens with zero attached hydrogens (tertiary/aromatic N) is 6. The number of fused-ring (bicyclic) bond motifs is 4. The van der Waals surface area contributed by atoms with E-state index < -0.39 is 0 Å². The van der Waals surface area contributed by atoms with Crippen LogP contribution >= 0.6 is 0 Å².